The summed E-state index contributed by atoms with van der Waals surface area (Å²) < 4.78 is 0. The van der Waals surface area contributed by atoms with Gasteiger partial charge < -0.3 is 17.7 Å². The van der Waals surface area contributed by atoms with E-state index < -0.39 is 0 Å². The zero-order valence-electron chi connectivity index (χ0n) is 5.11. The first-order chi connectivity index (χ1) is 2.27. The molecule has 0 aromatic heterocycles. The molecule has 7 heavy (non-hydrogen) atoms. The number of halogens is 1. The van der Waals surface area contributed by atoms with Crippen LogP contribution in [0.4, 0.5) is 0 Å². The fourth-order valence-electron chi connectivity index (χ4n) is 0. The normalized spacial score (nSPS) is 6.86. The van der Waals surface area contributed by atoms with Crippen molar-refractivity contribution in [3.05, 3.63) is 5.32 Å². The van der Waals surface area contributed by atoms with Crippen molar-refractivity contribution in [2.45, 2.75) is 19.9 Å². The zero-order valence-corrected chi connectivity index (χ0v) is 7.28. The van der Waals surface area contributed by atoms with Crippen LogP contribution in [0.15, 0.2) is 0 Å². The Hall–Kier alpha value is 1.02. The van der Waals surface area contributed by atoms with Gasteiger partial charge in [0.1, 0.15) is 0 Å². The topological polar surface area (TPSA) is 14.1 Å². The minimum atomic E-state index is 0. The molecule has 0 aliphatic heterocycles. The molecule has 3 heteroatoms. The van der Waals surface area contributed by atoms with Gasteiger partial charge in [0.15, 0.2) is 0 Å². The summed E-state index contributed by atoms with van der Waals surface area (Å²) in [6, 6.07) is 0.509. The first-order valence-corrected chi connectivity index (χ1v) is 1.86. The Bertz CT molecular complexity index is 25.7. The van der Waals surface area contributed by atoms with Crippen LogP contribution in [0.25, 0.3) is 5.32 Å². The Morgan fingerprint density at radius 3 is 1.43 bits per heavy atom. The molecule has 0 saturated heterocycles. The maximum absolute atomic E-state index is 3.89. The standard InChI is InChI=1S/C4H10N.ClH.Mg/c1-4(2)5-3;;/h4H,1-3H3;1H;/q-1;;+2/p-1. The molecule has 40 valence electrons. The quantitative estimate of drug-likeness (QED) is 0.367. The molecule has 1 nitrogen and oxygen atoms in total. The molecule has 0 spiro atoms. The molecule has 0 unspecified atom stereocenters. The maximum Gasteiger partial charge on any atom is 2.00 e. The van der Waals surface area contributed by atoms with E-state index in [4.69, 9.17) is 0 Å². The van der Waals surface area contributed by atoms with Crippen molar-refractivity contribution < 1.29 is 12.4 Å². The van der Waals surface area contributed by atoms with E-state index in [1.165, 1.54) is 0 Å². The molecule has 0 atom stereocenters. The molecule has 0 saturated carbocycles. The molecular formula is C4H10ClMgN. The first-order valence-electron chi connectivity index (χ1n) is 1.86. The molecule has 0 radical (unpaired) electrons. The van der Waals surface area contributed by atoms with E-state index in [1.807, 2.05) is 7.05 Å². The van der Waals surface area contributed by atoms with Crippen LogP contribution in [0.3, 0.4) is 0 Å². The van der Waals surface area contributed by atoms with Gasteiger partial charge in [-0.25, -0.2) is 0 Å². The van der Waals surface area contributed by atoms with Crippen LogP contribution in [0.5, 0.6) is 0 Å². The van der Waals surface area contributed by atoms with Gasteiger partial charge >= 0.3 is 23.1 Å². The van der Waals surface area contributed by atoms with Crippen molar-refractivity contribution in [3.8, 4) is 0 Å². The van der Waals surface area contributed by atoms with Crippen LogP contribution in [0.2, 0.25) is 0 Å². The minimum Gasteiger partial charge on any atom is -1.00 e. The third-order valence-corrected chi connectivity index (χ3v) is 0.516. The zero-order chi connectivity index (χ0) is 4.28. The number of nitrogens with zero attached hydrogens (tertiary/aromatic N) is 1. The van der Waals surface area contributed by atoms with E-state index in [-0.39, 0.29) is 35.5 Å². The van der Waals surface area contributed by atoms with E-state index in [2.05, 4.69) is 19.2 Å². The summed E-state index contributed by atoms with van der Waals surface area (Å²) >= 11 is 0. The van der Waals surface area contributed by atoms with Gasteiger partial charge in [0.2, 0.25) is 0 Å². The van der Waals surface area contributed by atoms with Crippen molar-refractivity contribution >= 4 is 23.1 Å². The Morgan fingerprint density at radius 1 is 1.29 bits per heavy atom. The van der Waals surface area contributed by atoms with Gasteiger partial charge in [0.05, 0.1) is 0 Å². The second-order valence-corrected chi connectivity index (χ2v) is 1.35. The average molecular weight is 132 g/mol. The van der Waals surface area contributed by atoms with E-state index in [0.717, 1.165) is 0 Å². The van der Waals surface area contributed by atoms with Gasteiger partial charge in [-0.1, -0.05) is 13.8 Å². The smallest absolute Gasteiger partial charge is 1.00 e. The summed E-state index contributed by atoms with van der Waals surface area (Å²) in [6.45, 7) is 4.11. The molecule has 0 rings (SSSR count). The summed E-state index contributed by atoms with van der Waals surface area (Å²) in [6.07, 6.45) is 0. The van der Waals surface area contributed by atoms with E-state index in [0.29, 0.717) is 6.04 Å². The Morgan fingerprint density at radius 2 is 1.43 bits per heavy atom. The summed E-state index contributed by atoms with van der Waals surface area (Å²) in [7, 11) is 1.82. The van der Waals surface area contributed by atoms with Crippen LogP contribution in [0.1, 0.15) is 13.8 Å². The van der Waals surface area contributed by atoms with Gasteiger partial charge in [-0.05, 0) is 0 Å². The van der Waals surface area contributed by atoms with Gasteiger partial charge in [-0.2, -0.15) is 7.05 Å². The third-order valence-electron chi connectivity index (χ3n) is 0.516. The largest absolute Gasteiger partial charge is 2.00 e. The number of rotatable bonds is 1. The molecule has 0 aromatic carbocycles. The van der Waals surface area contributed by atoms with Gasteiger partial charge in [0, 0.05) is 0 Å². The van der Waals surface area contributed by atoms with E-state index >= 15 is 0 Å². The van der Waals surface area contributed by atoms with Crippen LogP contribution in [-0.4, -0.2) is 36.1 Å². The number of hydrogen-bond donors (Lipinski definition) is 0. The second-order valence-electron chi connectivity index (χ2n) is 1.35. The summed E-state index contributed by atoms with van der Waals surface area (Å²) in [5.41, 5.74) is 0. The Kier molecular flexibility index (Phi) is 22.6. The molecule has 0 N–H and O–H groups in total. The van der Waals surface area contributed by atoms with Crippen LogP contribution < -0.4 is 12.4 Å². The molecule has 0 aliphatic carbocycles. The molecule has 0 bridgehead atoms. The Labute approximate surface area is 67.8 Å². The summed E-state index contributed by atoms with van der Waals surface area (Å²) in [4.78, 5) is 0. The fourth-order valence-corrected chi connectivity index (χ4v) is 0. The molecule has 0 heterocycles. The second kappa shape index (κ2) is 10.1. The molecular weight excluding hydrogens is 122 g/mol. The minimum absolute atomic E-state index is 0. The van der Waals surface area contributed by atoms with Crippen molar-refractivity contribution in [2.24, 2.45) is 0 Å². The molecule has 0 aliphatic rings. The molecule has 0 fully saturated rings. The fraction of sp³-hybridized carbons (Fsp3) is 1.00. The predicted octanol–water partition coefficient (Wildman–Crippen LogP) is -1.98. The van der Waals surface area contributed by atoms with Gasteiger partial charge in [-0.3, -0.25) is 0 Å². The maximum atomic E-state index is 3.89. The van der Waals surface area contributed by atoms with Crippen molar-refractivity contribution in [1.29, 1.82) is 0 Å². The van der Waals surface area contributed by atoms with Crippen LogP contribution in [0, 0.1) is 0 Å². The first kappa shape index (κ1) is 15.7. The average Bonchev–Trinajstić information content (AvgIpc) is 1.38. The van der Waals surface area contributed by atoms with Crippen molar-refractivity contribution in [1.82, 2.24) is 0 Å². The summed E-state index contributed by atoms with van der Waals surface area (Å²) in [5.74, 6) is 0. The van der Waals surface area contributed by atoms with Gasteiger partial charge in [0.25, 0.3) is 0 Å². The van der Waals surface area contributed by atoms with Crippen molar-refractivity contribution in [2.75, 3.05) is 7.05 Å². The van der Waals surface area contributed by atoms with Crippen molar-refractivity contribution in [3.63, 3.8) is 0 Å². The predicted molar refractivity (Wildman–Crippen MR) is 30.2 cm³/mol. The van der Waals surface area contributed by atoms with E-state index in [9.17, 15) is 0 Å². The summed E-state index contributed by atoms with van der Waals surface area (Å²) in [5, 5.41) is 3.89. The van der Waals surface area contributed by atoms with Gasteiger partial charge in [-0.15, -0.1) is 6.04 Å². The molecule has 0 amide bonds. The monoisotopic (exact) mass is 131 g/mol. The Balaban J connectivity index is -0.0000000800. The van der Waals surface area contributed by atoms with E-state index in [1.54, 1.807) is 0 Å². The molecule has 0 aromatic rings. The van der Waals surface area contributed by atoms with Crippen LogP contribution >= 0.6 is 0 Å². The van der Waals surface area contributed by atoms with Crippen LogP contribution in [-0.2, 0) is 0 Å². The SMILES string of the molecule is C[N-]C(C)C.[Cl-].[Mg+2]. The number of hydrogen-bond acceptors (Lipinski definition) is 0. The third kappa shape index (κ3) is 19.4.